The summed E-state index contributed by atoms with van der Waals surface area (Å²) >= 11 is 0. The van der Waals surface area contributed by atoms with Crippen LogP contribution in [0.15, 0.2) is 18.2 Å². The first-order valence-electron chi connectivity index (χ1n) is 7.60. The van der Waals surface area contributed by atoms with E-state index in [0.717, 1.165) is 25.4 Å². The number of hydrogen-bond donors (Lipinski definition) is 1. The summed E-state index contributed by atoms with van der Waals surface area (Å²) in [6.07, 6.45) is 1.13. The van der Waals surface area contributed by atoms with E-state index in [9.17, 15) is 0 Å². The third kappa shape index (κ3) is 3.74. The zero-order chi connectivity index (χ0) is 14.5. The van der Waals surface area contributed by atoms with Crippen molar-refractivity contribution in [2.24, 2.45) is 5.92 Å². The molecule has 0 bridgehead atoms. The Morgan fingerprint density at radius 1 is 1.40 bits per heavy atom. The third-order valence-corrected chi connectivity index (χ3v) is 4.20. The van der Waals surface area contributed by atoms with E-state index >= 15 is 0 Å². The normalized spacial score (nSPS) is 20.4. The topological polar surface area (TPSA) is 30.5 Å². The molecule has 3 heteroatoms. The molecule has 0 radical (unpaired) electrons. The van der Waals surface area contributed by atoms with E-state index in [0.29, 0.717) is 24.5 Å². The van der Waals surface area contributed by atoms with Crippen LogP contribution in [0.2, 0.25) is 0 Å². The van der Waals surface area contributed by atoms with Gasteiger partial charge in [-0.3, -0.25) is 0 Å². The van der Waals surface area contributed by atoms with Gasteiger partial charge in [-0.2, -0.15) is 0 Å². The van der Waals surface area contributed by atoms with Gasteiger partial charge < -0.3 is 14.8 Å². The molecule has 3 nitrogen and oxygen atoms in total. The molecule has 2 rings (SSSR count). The maximum atomic E-state index is 5.97. The van der Waals surface area contributed by atoms with Crippen LogP contribution in [0.4, 0.5) is 0 Å². The van der Waals surface area contributed by atoms with Crippen LogP contribution in [0, 0.1) is 12.8 Å². The van der Waals surface area contributed by atoms with Crippen LogP contribution in [0.5, 0.6) is 5.75 Å². The van der Waals surface area contributed by atoms with E-state index in [1.807, 2.05) is 7.05 Å². The van der Waals surface area contributed by atoms with Crippen molar-refractivity contribution in [2.75, 3.05) is 26.9 Å². The first-order valence-corrected chi connectivity index (χ1v) is 7.60. The summed E-state index contributed by atoms with van der Waals surface area (Å²) in [5.74, 6) is 2.09. The van der Waals surface area contributed by atoms with Crippen LogP contribution in [0.3, 0.4) is 0 Å². The number of rotatable bonds is 6. The molecule has 1 saturated heterocycles. The second-order valence-corrected chi connectivity index (χ2v) is 6.00. The predicted molar refractivity (Wildman–Crippen MR) is 82.5 cm³/mol. The standard InChI is InChI=1S/C17H27NO2/c1-12(2)16-6-5-15(9-13(16)3)20-11-17(18-4)14-7-8-19-10-14/h5-6,9,12,14,17-18H,7-8,10-11H2,1-4H3. The number of aryl methyl sites for hydroxylation is 1. The van der Waals surface area contributed by atoms with Crippen molar-refractivity contribution >= 4 is 0 Å². The van der Waals surface area contributed by atoms with Crippen LogP contribution in [-0.2, 0) is 4.74 Å². The van der Waals surface area contributed by atoms with E-state index in [-0.39, 0.29) is 0 Å². The second kappa shape index (κ2) is 7.09. The van der Waals surface area contributed by atoms with Crippen molar-refractivity contribution in [3.05, 3.63) is 29.3 Å². The second-order valence-electron chi connectivity index (χ2n) is 6.00. The molecule has 1 heterocycles. The van der Waals surface area contributed by atoms with Gasteiger partial charge >= 0.3 is 0 Å². The molecule has 1 aliphatic heterocycles. The molecule has 0 aromatic heterocycles. The number of nitrogens with one attached hydrogen (secondary N) is 1. The number of likely N-dealkylation sites (N-methyl/N-ethyl adjacent to an activating group) is 1. The highest BCUT2D eigenvalue weighted by Gasteiger charge is 2.25. The minimum absolute atomic E-state index is 0.364. The summed E-state index contributed by atoms with van der Waals surface area (Å²) in [4.78, 5) is 0. The van der Waals surface area contributed by atoms with Crippen molar-refractivity contribution in [1.29, 1.82) is 0 Å². The van der Waals surface area contributed by atoms with Crippen LogP contribution in [0.1, 0.15) is 37.3 Å². The lowest BCUT2D eigenvalue weighted by Gasteiger charge is -2.22. The summed E-state index contributed by atoms with van der Waals surface area (Å²) in [7, 11) is 2.00. The number of benzene rings is 1. The Kier molecular flexibility index (Phi) is 5.44. The van der Waals surface area contributed by atoms with Crippen molar-refractivity contribution in [1.82, 2.24) is 5.32 Å². The quantitative estimate of drug-likeness (QED) is 0.866. The van der Waals surface area contributed by atoms with Crippen molar-refractivity contribution < 1.29 is 9.47 Å². The van der Waals surface area contributed by atoms with E-state index in [1.165, 1.54) is 11.1 Å². The first-order chi connectivity index (χ1) is 9.61. The van der Waals surface area contributed by atoms with Gasteiger partial charge in [0.1, 0.15) is 12.4 Å². The molecule has 2 atom stereocenters. The molecule has 1 fully saturated rings. The van der Waals surface area contributed by atoms with Gasteiger partial charge in [0.05, 0.1) is 6.61 Å². The van der Waals surface area contributed by atoms with E-state index in [4.69, 9.17) is 9.47 Å². The molecule has 0 aliphatic carbocycles. The molecule has 1 N–H and O–H groups in total. The Hall–Kier alpha value is -1.06. The van der Waals surface area contributed by atoms with Crippen LogP contribution in [-0.4, -0.2) is 32.9 Å². The number of hydrogen-bond acceptors (Lipinski definition) is 3. The van der Waals surface area contributed by atoms with E-state index < -0.39 is 0 Å². The van der Waals surface area contributed by atoms with Crippen LogP contribution >= 0.6 is 0 Å². The fourth-order valence-corrected chi connectivity index (χ4v) is 2.90. The summed E-state index contributed by atoms with van der Waals surface area (Å²) in [5, 5.41) is 3.35. The predicted octanol–water partition coefficient (Wildman–Crippen LogP) is 3.12. The Balaban J connectivity index is 1.94. The number of ether oxygens (including phenoxy) is 2. The largest absolute Gasteiger partial charge is 0.492 e. The average Bonchev–Trinajstić information content (AvgIpc) is 2.93. The summed E-state index contributed by atoms with van der Waals surface area (Å²) in [5.41, 5.74) is 2.70. The Morgan fingerprint density at radius 2 is 2.20 bits per heavy atom. The van der Waals surface area contributed by atoms with Gasteiger partial charge in [-0.05, 0) is 49.6 Å². The molecule has 112 valence electrons. The highest BCUT2D eigenvalue weighted by molar-refractivity contribution is 5.36. The van der Waals surface area contributed by atoms with Gasteiger partial charge in [0.2, 0.25) is 0 Å². The Morgan fingerprint density at radius 3 is 2.75 bits per heavy atom. The molecule has 20 heavy (non-hydrogen) atoms. The minimum Gasteiger partial charge on any atom is -0.492 e. The van der Waals surface area contributed by atoms with Gasteiger partial charge in [-0.1, -0.05) is 19.9 Å². The van der Waals surface area contributed by atoms with Gasteiger partial charge in [-0.15, -0.1) is 0 Å². The van der Waals surface area contributed by atoms with Crippen molar-refractivity contribution in [3.8, 4) is 5.75 Å². The maximum absolute atomic E-state index is 5.97. The smallest absolute Gasteiger partial charge is 0.119 e. The minimum atomic E-state index is 0.364. The van der Waals surface area contributed by atoms with Gasteiger partial charge in [0.15, 0.2) is 0 Å². The molecular formula is C17H27NO2. The maximum Gasteiger partial charge on any atom is 0.119 e. The molecule has 1 aromatic carbocycles. The molecule has 1 aromatic rings. The van der Waals surface area contributed by atoms with E-state index in [1.54, 1.807) is 0 Å². The van der Waals surface area contributed by atoms with Gasteiger partial charge in [-0.25, -0.2) is 0 Å². The molecule has 1 aliphatic rings. The Labute approximate surface area is 122 Å². The lowest BCUT2D eigenvalue weighted by atomic mass is 9.98. The fraction of sp³-hybridized carbons (Fsp3) is 0.647. The fourth-order valence-electron chi connectivity index (χ4n) is 2.90. The lowest BCUT2D eigenvalue weighted by Crippen LogP contribution is -2.39. The highest BCUT2D eigenvalue weighted by atomic mass is 16.5. The molecule has 0 saturated carbocycles. The lowest BCUT2D eigenvalue weighted by molar-refractivity contribution is 0.162. The van der Waals surface area contributed by atoms with Gasteiger partial charge in [0.25, 0.3) is 0 Å². The SMILES string of the molecule is CNC(COc1ccc(C(C)C)c(C)c1)C1CCOC1. The summed E-state index contributed by atoms with van der Waals surface area (Å²) in [6, 6.07) is 6.78. The van der Waals surface area contributed by atoms with Crippen LogP contribution < -0.4 is 10.1 Å². The summed E-state index contributed by atoms with van der Waals surface area (Å²) in [6.45, 7) is 9.03. The monoisotopic (exact) mass is 277 g/mol. The average molecular weight is 277 g/mol. The third-order valence-electron chi connectivity index (χ3n) is 4.20. The zero-order valence-corrected chi connectivity index (χ0v) is 13.1. The first kappa shape index (κ1) is 15.3. The Bertz CT molecular complexity index is 425. The van der Waals surface area contributed by atoms with Crippen LogP contribution in [0.25, 0.3) is 0 Å². The van der Waals surface area contributed by atoms with Gasteiger partial charge in [0, 0.05) is 18.6 Å². The highest BCUT2D eigenvalue weighted by Crippen LogP contribution is 2.24. The molecule has 0 amide bonds. The van der Waals surface area contributed by atoms with Crippen molar-refractivity contribution in [2.45, 2.75) is 39.2 Å². The zero-order valence-electron chi connectivity index (χ0n) is 13.1. The molecule has 0 spiro atoms. The molecule has 2 unspecified atom stereocenters. The van der Waals surface area contributed by atoms with E-state index in [2.05, 4.69) is 44.3 Å². The van der Waals surface area contributed by atoms with Crippen molar-refractivity contribution in [3.63, 3.8) is 0 Å². The summed E-state index contributed by atoms with van der Waals surface area (Å²) < 4.78 is 11.4. The molecular weight excluding hydrogens is 250 g/mol.